The fourth-order valence-corrected chi connectivity index (χ4v) is 6.62. The minimum Gasteiger partial charge on any atom is -0.340 e. The molecule has 0 aromatic heterocycles. The highest BCUT2D eigenvalue weighted by Crippen LogP contribution is 2.48. The Morgan fingerprint density at radius 3 is 2.35 bits per heavy atom. The number of likely N-dealkylation sites (tertiary alicyclic amines) is 1. The van der Waals surface area contributed by atoms with Gasteiger partial charge in [-0.1, -0.05) is 41.9 Å². The lowest BCUT2D eigenvalue weighted by Gasteiger charge is -2.49. The summed E-state index contributed by atoms with van der Waals surface area (Å²) in [5, 5.41) is 0.819. The van der Waals surface area contributed by atoms with E-state index in [1.54, 1.807) is 0 Å². The second-order valence-electron chi connectivity index (χ2n) is 8.74. The van der Waals surface area contributed by atoms with Crippen LogP contribution in [-0.4, -0.2) is 55.1 Å². The van der Waals surface area contributed by atoms with Crippen LogP contribution in [0.4, 0.5) is 11.4 Å². The van der Waals surface area contributed by atoms with Gasteiger partial charge in [0.05, 0.1) is 11.4 Å². The highest BCUT2D eigenvalue weighted by atomic mass is 35.5. The van der Waals surface area contributed by atoms with Crippen LogP contribution in [0.3, 0.4) is 0 Å². The summed E-state index contributed by atoms with van der Waals surface area (Å²) in [6.45, 7) is 4.79. The van der Waals surface area contributed by atoms with Crippen LogP contribution in [0.15, 0.2) is 52.3 Å². The van der Waals surface area contributed by atoms with Gasteiger partial charge in [-0.3, -0.25) is 4.90 Å². The molecule has 0 N–H and O–H groups in total. The van der Waals surface area contributed by atoms with Crippen molar-refractivity contribution in [2.75, 3.05) is 38.1 Å². The summed E-state index contributed by atoms with van der Waals surface area (Å²) in [4.78, 5) is 10.5. The van der Waals surface area contributed by atoms with E-state index < -0.39 is 0 Å². The number of anilines is 2. The van der Waals surface area contributed by atoms with E-state index in [1.807, 2.05) is 17.8 Å². The van der Waals surface area contributed by atoms with Gasteiger partial charge in [-0.25, -0.2) is 0 Å². The molecule has 2 bridgehead atoms. The number of likely N-dealkylation sites (N-methyl/N-ethyl adjacent to an activating group) is 1. The van der Waals surface area contributed by atoms with Crippen molar-refractivity contribution in [1.29, 1.82) is 0 Å². The monoisotopic (exact) mass is 499 g/mol. The Hall–Kier alpha value is -0.620. The molecule has 2 aromatic carbocycles. The van der Waals surface area contributed by atoms with Gasteiger partial charge in [-0.15, -0.1) is 24.8 Å². The number of halogens is 3. The van der Waals surface area contributed by atoms with Gasteiger partial charge in [0.15, 0.2) is 0 Å². The van der Waals surface area contributed by atoms with E-state index in [4.69, 9.17) is 11.6 Å². The van der Waals surface area contributed by atoms with Crippen molar-refractivity contribution in [2.45, 2.75) is 54.0 Å². The van der Waals surface area contributed by atoms with Gasteiger partial charge >= 0.3 is 0 Å². The topological polar surface area (TPSA) is 9.72 Å². The Kier molecular flexibility index (Phi) is 8.88. The standard InChI is InChI=1S/C24H30ClN3S.2ClH/c1-26-16-19-7-6-8-20(17-26)27(19)13-4-5-14-28-21-9-2-3-10-23(21)29-24-12-11-18(25)15-22(24)28;;/h2-3,9-12,15,19-20H,4-8,13-14,16-17H2,1H3;2*1H. The van der Waals surface area contributed by atoms with Crippen LogP contribution < -0.4 is 4.90 Å². The number of fused-ring (bicyclic) bond motifs is 4. The van der Waals surface area contributed by atoms with Crippen LogP contribution in [0.5, 0.6) is 0 Å². The van der Waals surface area contributed by atoms with Gasteiger partial charge in [-0.05, 0) is 69.6 Å². The molecule has 2 unspecified atom stereocenters. The molecular weight excluding hydrogens is 469 g/mol. The smallest absolute Gasteiger partial charge is 0.0567 e. The second kappa shape index (κ2) is 11.0. The van der Waals surface area contributed by atoms with Gasteiger partial charge in [0.1, 0.15) is 0 Å². The first-order chi connectivity index (χ1) is 14.2. The fourth-order valence-electron chi connectivity index (χ4n) is 5.38. The summed E-state index contributed by atoms with van der Waals surface area (Å²) in [5.41, 5.74) is 2.58. The summed E-state index contributed by atoms with van der Waals surface area (Å²) in [7, 11) is 2.29. The molecule has 0 spiro atoms. The molecular formula is C24H32Cl3N3S. The normalized spacial score (nSPS) is 22.7. The van der Waals surface area contributed by atoms with Gasteiger partial charge in [0.25, 0.3) is 0 Å². The SMILES string of the molecule is CN1CC2CCCC(C1)N2CCCCN1c2ccccc2Sc2ccc(Cl)cc21.Cl.Cl. The van der Waals surface area contributed by atoms with Crippen molar-refractivity contribution in [3.8, 4) is 0 Å². The van der Waals surface area contributed by atoms with Crippen molar-refractivity contribution >= 4 is 59.6 Å². The van der Waals surface area contributed by atoms with Crippen molar-refractivity contribution < 1.29 is 0 Å². The van der Waals surface area contributed by atoms with Crippen molar-refractivity contribution in [1.82, 2.24) is 9.80 Å². The molecule has 2 aromatic rings. The summed E-state index contributed by atoms with van der Waals surface area (Å²) in [6.07, 6.45) is 6.64. The van der Waals surface area contributed by atoms with Crippen LogP contribution >= 0.6 is 48.2 Å². The quantitative estimate of drug-likeness (QED) is 0.421. The third-order valence-corrected chi connectivity index (χ3v) is 8.06. The van der Waals surface area contributed by atoms with E-state index >= 15 is 0 Å². The molecule has 7 heteroatoms. The summed E-state index contributed by atoms with van der Waals surface area (Å²) in [6, 6.07) is 16.6. The third kappa shape index (κ3) is 5.31. The maximum Gasteiger partial charge on any atom is 0.0567 e. The number of piperidine rings is 1. The van der Waals surface area contributed by atoms with E-state index in [0.29, 0.717) is 0 Å². The molecule has 2 saturated heterocycles. The van der Waals surface area contributed by atoms with Gasteiger partial charge in [0.2, 0.25) is 0 Å². The molecule has 2 fully saturated rings. The zero-order valence-electron chi connectivity index (χ0n) is 18.0. The van der Waals surface area contributed by atoms with E-state index in [0.717, 1.165) is 23.7 Å². The number of para-hydroxylation sites is 1. The Balaban J connectivity index is 0.00000136. The highest BCUT2D eigenvalue weighted by molar-refractivity contribution is 7.99. The Labute approximate surface area is 208 Å². The number of nitrogens with zero attached hydrogens (tertiary/aromatic N) is 3. The minimum atomic E-state index is 0. The molecule has 0 radical (unpaired) electrons. The van der Waals surface area contributed by atoms with Gasteiger partial charge in [-0.2, -0.15) is 0 Å². The lowest BCUT2D eigenvalue weighted by Crippen LogP contribution is -2.59. The maximum absolute atomic E-state index is 6.35. The van der Waals surface area contributed by atoms with Crippen LogP contribution in [0.2, 0.25) is 5.02 Å². The van der Waals surface area contributed by atoms with E-state index in [-0.39, 0.29) is 24.8 Å². The number of unbranched alkanes of at least 4 members (excludes halogenated alkanes) is 1. The van der Waals surface area contributed by atoms with Crippen LogP contribution in [-0.2, 0) is 0 Å². The Bertz CT molecular complexity index is 867. The Morgan fingerprint density at radius 2 is 1.58 bits per heavy atom. The zero-order valence-corrected chi connectivity index (χ0v) is 21.2. The molecule has 3 aliphatic rings. The first kappa shape index (κ1) is 25.0. The van der Waals surface area contributed by atoms with Crippen molar-refractivity contribution in [3.05, 3.63) is 47.5 Å². The average molecular weight is 501 g/mol. The summed E-state index contributed by atoms with van der Waals surface area (Å²) < 4.78 is 0. The molecule has 3 nitrogen and oxygen atoms in total. The number of rotatable bonds is 5. The molecule has 2 atom stereocenters. The van der Waals surface area contributed by atoms with E-state index in [2.05, 4.69) is 58.1 Å². The molecule has 3 aliphatic heterocycles. The van der Waals surface area contributed by atoms with Crippen LogP contribution in [0, 0.1) is 0 Å². The van der Waals surface area contributed by atoms with E-state index in [9.17, 15) is 0 Å². The largest absolute Gasteiger partial charge is 0.340 e. The molecule has 0 aliphatic carbocycles. The first-order valence-electron chi connectivity index (χ1n) is 11.0. The number of benzene rings is 2. The van der Waals surface area contributed by atoms with Gasteiger partial charge in [0, 0.05) is 46.5 Å². The lowest BCUT2D eigenvalue weighted by atomic mass is 9.91. The minimum absolute atomic E-state index is 0. The van der Waals surface area contributed by atoms with Crippen LogP contribution in [0.1, 0.15) is 32.1 Å². The average Bonchev–Trinajstić information content (AvgIpc) is 2.71. The summed E-state index contributed by atoms with van der Waals surface area (Å²) >= 11 is 8.21. The zero-order chi connectivity index (χ0) is 19.8. The van der Waals surface area contributed by atoms with Crippen molar-refractivity contribution in [2.24, 2.45) is 0 Å². The summed E-state index contributed by atoms with van der Waals surface area (Å²) in [5.74, 6) is 0. The number of hydrogen-bond donors (Lipinski definition) is 0. The molecule has 5 rings (SSSR count). The third-order valence-electron chi connectivity index (χ3n) is 6.69. The highest BCUT2D eigenvalue weighted by Gasteiger charge is 2.35. The van der Waals surface area contributed by atoms with Gasteiger partial charge < -0.3 is 9.80 Å². The van der Waals surface area contributed by atoms with Crippen LogP contribution in [0.25, 0.3) is 0 Å². The molecule has 170 valence electrons. The fraction of sp³-hybridized carbons (Fsp3) is 0.500. The predicted molar refractivity (Wildman–Crippen MR) is 138 cm³/mol. The number of hydrogen-bond acceptors (Lipinski definition) is 4. The molecule has 31 heavy (non-hydrogen) atoms. The maximum atomic E-state index is 6.35. The lowest BCUT2D eigenvalue weighted by molar-refractivity contribution is 0.000375. The van der Waals surface area contributed by atoms with E-state index in [1.165, 1.54) is 72.9 Å². The molecule has 3 heterocycles. The molecule has 0 amide bonds. The first-order valence-corrected chi connectivity index (χ1v) is 12.2. The molecule has 0 saturated carbocycles. The van der Waals surface area contributed by atoms with Crippen molar-refractivity contribution in [3.63, 3.8) is 0 Å². The predicted octanol–water partition coefficient (Wildman–Crippen LogP) is 6.74. The second-order valence-corrected chi connectivity index (χ2v) is 10.3. The number of piperazine rings is 1. The Morgan fingerprint density at radius 1 is 0.903 bits per heavy atom.